The fourth-order valence-corrected chi connectivity index (χ4v) is 19.6. The molecule has 4 aliphatic rings. The summed E-state index contributed by atoms with van der Waals surface area (Å²) in [7, 11) is 15.1. The van der Waals surface area contributed by atoms with Gasteiger partial charge in [0, 0.05) is 38.9 Å². The molecule has 10 nitrogen and oxygen atoms in total. The fraction of sp³-hybridized carbons (Fsp3) is 0.811. The van der Waals surface area contributed by atoms with Crippen LogP contribution in [0.1, 0.15) is 530 Å². The van der Waals surface area contributed by atoms with Crippen LogP contribution in [0.4, 0.5) is 0 Å². The molecule has 4 heterocycles. The lowest BCUT2D eigenvalue weighted by atomic mass is 9.99. The normalized spacial score (nSPS) is 20.6. The van der Waals surface area contributed by atoms with Crippen LogP contribution < -0.4 is 0 Å². The molecule has 0 bridgehead atoms. The van der Waals surface area contributed by atoms with Gasteiger partial charge in [0.15, 0.2) is 17.4 Å². The molecular formula is C127H232N4O6. The Kier molecular flexibility index (Phi) is 90.7. The van der Waals surface area contributed by atoms with Crippen LogP contribution in [0.5, 0.6) is 0 Å². The van der Waals surface area contributed by atoms with E-state index < -0.39 is 11.6 Å². The molecule has 10 heteroatoms. The Bertz CT molecular complexity index is 2770. The van der Waals surface area contributed by atoms with Crippen molar-refractivity contribution in [2.24, 2.45) is 0 Å². The van der Waals surface area contributed by atoms with E-state index in [4.69, 9.17) is 28.4 Å². The fourth-order valence-electron chi connectivity index (χ4n) is 19.6. The van der Waals surface area contributed by atoms with Crippen LogP contribution in [0.15, 0.2) is 146 Å². The molecule has 4 rings (SSSR count). The highest BCUT2D eigenvalue weighted by Gasteiger charge is 2.51. The minimum Gasteiger partial charge on any atom is -0.344 e. The maximum absolute atomic E-state index is 6.95. The van der Waals surface area contributed by atoms with E-state index in [9.17, 15) is 0 Å². The molecule has 0 N–H and O–H groups in total. The molecule has 6 atom stereocenters. The predicted octanol–water partition coefficient (Wildman–Crippen LogP) is 38.1. The van der Waals surface area contributed by atoms with Crippen LogP contribution in [0.2, 0.25) is 0 Å². The second-order valence-corrected chi connectivity index (χ2v) is 42.8. The highest BCUT2D eigenvalue weighted by Crippen LogP contribution is 2.42. The van der Waals surface area contributed by atoms with Gasteiger partial charge in [-0.25, -0.2) is 0 Å². The van der Waals surface area contributed by atoms with Crippen LogP contribution in [0, 0.1) is 0 Å². The maximum atomic E-state index is 6.95. The molecule has 4 aliphatic heterocycles. The first kappa shape index (κ1) is 130. The Hall–Kier alpha value is -3.52. The van der Waals surface area contributed by atoms with Gasteiger partial charge in [0.2, 0.25) is 0 Å². The van der Waals surface area contributed by atoms with Crippen molar-refractivity contribution in [1.29, 1.82) is 0 Å². The molecule has 0 aromatic carbocycles. The number of likely N-dealkylation sites (N-methyl/N-ethyl adjacent to an activating group) is 2. The summed E-state index contributed by atoms with van der Waals surface area (Å²) in [4.78, 5) is 9.10. The zero-order chi connectivity index (χ0) is 99.1. The Labute approximate surface area is 854 Å². The van der Waals surface area contributed by atoms with Crippen LogP contribution in [0.25, 0.3) is 0 Å². The van der Waals surface area contributed by atoms with Crippen LogP contribution in [-0.2, 0) is 28.4 Å². The predicted molar refractivity (Wildman–Crippen MR) is 606 cm³/mol. The van der Waals surface area contributed by atoms with Gasteiger partial charge in [0.25, 0.3) is 0 Å². The van der Waals surface area contributed by atoms with Gasteiger partial charge in [-0.05, 0) is 287 Å². The number of rotatable bonds is 92. The zero-order valence-electron chi connectivity index (χ0n) is 93.6. The van der Waals surface area contributed by atoms with Gasteiger partial charge in [-0.3, -0.25) is 0 Å². The summed E-state index contributed by atoms with van der Waals surface area (Å²) in [5.41, 5.74) is 0. The minimum absolute atomic E-state index is 0.244. The van der Waals surface area contributed by atoms with Crippen molar-refractivity contribution in [1.82, 2.24) is 19.6 Å². The second-order valence-electron chi connectivity index (χ2n) is 42.8. The van der Waals surface area contributed by atoms with Crippen LogP contribution in [0.3, 0.4) is 0 Å². The quantitative estimate of drug-likeness (QED) is 0.0434. The van der Waals surface area contributed by atoms with Crippen molar-refractivity contribution in [2.45, 2.75) is 584 Å². The summed E-state index contributed by atoms with van der Waals surface area (Å²) in [6.45, 7) is 20.6. The number of ether oxygens (including phenoxy) is 6. The number of hydrogen-bond acceptors (Lipinski definition) is 10. The summed E-state index contributed by atoms with van der Waals surface area (Å²) in [5, 5.41) is 0. The standard InChI is InChI=1S/C45H84N2O2.C41H73NO2.C41H75NO2/c1-7-9-11-13-15-17-19-21-23-25-27-29-31-33-35-37-43-44(49-45(48-43,39-41-46(3)4)40-42-47(5)6)38-36-34-32-30-28-26-24-22-20-18-16-14-12-10-8-2;1-4-6-8-10-12-14-16-18-20-22-24-26-28-30-32-34-39-40(44-41(43-39)36-37-42(3)38-41)35-33-31-29-27-25-23-21-19-17-15-13-11-9-7-5-2;1-6-8-10-12-14-16-18-20-22-24-26-28-30-32-34-36-39-40(44-41(3,43-39)38-42(4)5)37-35-33-31-29-27-25-23-21-19-17-15-13-11-9-7-2/h15-18,21-24,43-44H,7-14,19-20,25-42H2,1-6H3;12-15,18-21,39-40H,4-11,16-17,22-38H2,1-3H3;14-17,20-23,39-40H,6-13,18-19,24-38H2,1-5H3/b17-15-,18-16-,23-21-,24-22-;14-12-,15-13-,20-18-,21-19-;16-14-,17-15-,22-20-,23-21-. The maximum Gasteiger partial charge on any atom is 0.183 e. The number of unbranched alkanes of at least 4 members (excludes halogenated alkanes) is 48. The van der Waals surface area contributed by atoms with E-state index in [2.05, 4.69) is 263 Å². The van der Waals surface area contributed by atoms with Crippen molar-refractivity contribution in [3.63, 3.8) is 0 Å². The first-order valence-electron chi connectivity index (χ1n) is 59.6. The molecule has 0 aromatic heterocycles. The van der Waals surface area contributed by atoms with E-state index in [0.29, 0.717) is 12.2 Å². The van der Waals surface area contributed by atoms with Gasteiger partial charge in [-0.1, -0.05) is 419 Å². The molecule has 6 unspecified atom stereocenters. The number of nitrogens with zero attached hydrogens (tertiary/aromatic N) is 4. The van der Waals surface area contributed by atoms with E-state index >= 15 is 0 Å². The van der Waals surface area contributed by atoms with E-state index in [1.54, 1.807) is 0 Å². The molecule has 0 amide bonds. The average molecular weight is 1910 g/mol. The number of hydrogen-bond donors (Lipinski definition) is 0. The summed E-state index contributed by atoms with van der Waals surface area (Å²) >= 11 is 0. The Balaban J connectivity index is 0.000000696. The van der Waals surface area contributed by atoms with E-state index in [1.165, 1.54) is 398 Å². The van der Waals surface area contributed by atoms with Crippen molar-refractivity contribution in [2.75, 3.05) is 82.1 Å². The SMILES string of the molecule is CCCCC/C=C\C/C=C\CCCCCCCC1OC(C)(CN(C)C)OC1CCCCCCC/C=C\C/C=C\CCCCC.CCCCC/C=C\C/C=C\CCCCCCCC1OC(CCN(C)C)(CCN(C)C)OC1CCCCCCC/C=C\C/C=C\CCCCC.CCCCC/C=C\C/C=C\CCCCCCCC1OC2(CCN(C)C2)OC1CCCCCCC/C=C\C/C=C\CCCCC. The van der Waals surface area contributed by atoms with Gasteiger partial charge < -0.3 is 48.0 Å². The third-order valence-corrected chi connectivity index (χ3v) is 28.0. The molecule has 0 saturated carbocycles. The molecule has 1 spiro atoms. The van der Waals surface area contributed by atoms with Gasteiger partial charge in [-0.15, -0.1) is 0 Å². The first-order valence-corrected chi connectivity index (χ1v) is 59.6. The lowest BCUT2D eigenvalue weighted by Crippen LogP contribution is -2.39. The van der Waals surface area contributed by atoms with Crippen molar-refractivity contribution in [3.05, 3.63) is 146 Å². The first-order chi connectivity index (χ1) is 67.1. The van der Waals surface area contributed by atoms with E-state index in [1.807, 2.05) is 0 Å². The molecule has 4 fully saturated rings. The summed E-state index contributed by atoms with van der Waals surface area (Å²) in [5.74, 6) is -1.22. The van der Waals surface area contributed by atoms with Gasteiger partial charge >= 0.3 is 0 Å². The molecule has 0 radical (unpaired) electrons. The van der Waals surface area contributed by atoms with E-state index in [0.717, 1.165) is 116 Å². The number of likely N-dealkylation sites (tertiary alicyclic amines) is 1. The Morgan fingerprint density at radius 3 is 0.613 bits per heavy atom. The summed E-state index contributed by atoms with van der Waals surface area (Å²) < 4.78 is 40.4. The van der Waals surface area contributed by atoms with Crippen LogP contribution >= 0.6 is 0 Å². The smallest absolute Gasteiger partial charge is 0.183 e. The largest absolute Gasteiger partial charge is 0.344 e. The highest BCUT2D eigenvalue weighted by atomic mass is 16.8. The highest BCUT2D eigenvalue weighted by molar-refractivity contribution is 5.00. The lowest BCUT2D eigenvalue weighted by Gasteiger charge is -2.31. The Morgan fingerprint density at radius 2 is 0.423 bits per heavy atom. The van der Waals surface area contributed by atoms with Gasteiger partial charge in [0.05, 0.1) is 49.7 Å². The van der Waals surface area contributed by atoms with Gasteiger partial charge in [0.1, 0.15) is 0 Å². The minimum atomic E-state index is -0.465. The topological polar surface area (TPSA) is 68.3 Å². The zero-order valence-corrected chi connectivity index (χ0v) is 93.6. The average Bonchev–Trinajstić information content (AvgIpc) is 1.65. The molecule has 0 aromatic rings. The van der Waals surface area contributed by atoms with Crippen molar-refractivity contribution < 1.29 is 28.4 Å². The summed E-state index contributed by atoms with van der Waals surface area (Å²) in [6.07, 6.45) is 153. The lowest BCUT2D eigenvalue weighted by molar-refractivity contribution is -0.188. The third kappa shape index (κ3) is 79.5. The van der Waals surface area contributed by atoms with E-state index in [-0.39, 0.29) is 30.2 Å². The molecular weight excluding hydrogens is 1680 g/mol. The van der Waals surface area contributed by atoms with Crippen molar-refractivity contribution >= 4 is 0 Å². The Morgan fingerprint density at radius 1 is 0.234 bits per heavy atom. The van der Waals surface area contributed by atoms with Crippen molar-refractivity contribution in [3.8, 4) is 0 Å². The molecule has 0 aliphatic carbocycles. The molecule has 4 saturated heterocycles. The third-order valence-electron chi connectivity index (χ3n) is 28.0. The number of allylic oxidation sites excluding steroid dienone is 24. The monoisotopic (exact) mass is 1910 g/mol. The second kappa shape index (κ2) is 96.0. The molecule has 137 heavy (non-hydrogen) atoms. The van der Waals surface area contributed by atoms with Crippen LogP contribution in [-0.4, -0.2) is 156 Å². The molecule has 796 valence electrons. The summed E-state index contributed by atoms with van der Waals surface area (Å²) in [6, 6.07) is 0. The van der Waals surface area contributed by atoms with Gasteiger partial charge in [-0.2, -0.15) is 0 Å².